The Bertz CT molecular complexity index is 856. The molecule has 0 unspecified atom stereocenters. The Morgan fingerprint density at radius 2 is 1.93 bits per heavy atom. The van der Waals surface area contributed by atoms with E-state index in [9.17, 15) is 9.59 Å². The van der Waals surface area contributed by atoms with Gasteiger partial charge in [0.15, 0.2) is 5.82 Å². The van der Waals surface area contributed by atoms with Crippen LogP contribution in [0.5, 0.6) is 0 Å². The molecule has 29 heavy (non-hydrogen) atoms. The van der Waals surface area contributed by atoms with Gasteiger partial charge in [-0.2, -0.15) is 0 Å². The van der Waals surface area contributed by atoms with Crippen LogP contribution in [-0.2, 0) is 15.3 Å². The average molecular weight is 417 g/mol. The Balaban J connectivity index is 1.85. The minimum atomic E-state index is -0.350. The van der Waals surface area contributed by atoms with Crippen molar-refractivity contribution >= 4 is 35.2 Å². The van der Waals surface area contributed by atoms with Gasteiger partial charge in [-0.05, 0) is 24.3 Å². The van der Waals surface area contributed by atoms with Gasteiger partial charge in [0.05, 0.1) is 24.7 Å². The van der Waals surface area contributed by atoms with Gasteiger partial charge in [-0.15, -0.1) is 11.8 Å². The SMILES string of the molecule is CNC(=O)Nc1ccc(-c2nc(CSCC(N)=O)cc(N3CCOCC3)n2)cc1. The number of morpholine rings is 1. The summed E-state index contributed by atoms with van der Waals surface area (Å²) in [6.07, 6.45) is 0. The zero-order chi connectivity index (χ0) is 20.6. The lowest BCUT2D eigenvalue weighted by molar-refractivity contribution is -0.115. The zero-order valence-electron chi connectivity index (χ0n) is 16.2. The third kappa shape index (κ3) is 6.06. The van der Waals surface area contributed by atoms with Crippen molar-refractivity contribution in [1.29, 1.82) is 0 Å². The molecule has 0 radical (unpaired) electrons. The molecule has 154 valence electrons. The minimum absolute atomic E-state index is 0.242. The molecule has 2 heterocycles. The van der Waals surface area contributed by atoms with E-state index in [1.54, 1.807) is 19.2 Å². The lowest BCUT2D eigenvalue weighted by atomic mass is 10.2. The summed E-state index contributed by atoms with van der Waals surface area (Å²) >= 11 is 1.42. The van der Waals surface area contributed by atoms with Crippen molar-refractivity contribution in [3.63, 3.8) is 0 Å². The van der Waals surface area contributed by atoms with Crippen LogP contribution in [0.4, 0.5) is 16.3 Å². The van der Waals surface area contributed by atoms with E-state index in [2.05, 4.69) is 20.5 Å². The fourth-order valence-corrected chi connectivity index (χ4v) is 3.45. The van der Waals surface area contributed by atoms with Crippen LogP contribution in [-0.4, -0.2) is 61.0 Å². The van der Waals surface area contributed by atoms with Gasteiger partial charge in [0.2, 0.25) is 5.91 Å². The largest absolute Gasteiger partial charge is 0.378 e. The smallest absolute Gasteiger partial charge is 0.318 e. The number of carbonyl (C=O) groups is 2. The third-order valence-electron chi connectivity index (χ3n) is 4.22. The van der Waals surface area contributed by atoms with E-state index < -0.39 is 0 Å². The molecule has 1 aliphatic rings. The van der Waals surface area contributed by atoms with Crippen molar-refractivity contribution < 1.29 is 14.3 Å². The molecule has 1 aliphatic heterocycles. The highest BCUT2D eigenvalue weighted by atomic mass is 32.2. The highest BCUT2D eigenvalue weighted by Gasteiger charge is 2.16. The van der Waals surface area contributed by atoms with Crippen LogP contribution in [0, 0.1) is 0 Å². The standard InChI is InChI=1S/C19H24N6O3S/c1-21-19(27)23-14-4-2-13(3-5-14)18-22-15(11-29-12-16(20)26)10-17(24-18)25-6-8-28-9-7-25/h2-5,10H,6-9,11-12H2,1H3,(H2,20,26)(H2,21,23,27). The molecule has 4 N–H and O–H groups in total. The van der Waals surface area contributed by atoms with Gasteiger partial charge in [-0.3, -0.25) is 4.79 Å². The van der Waals surface area contributed by atoms with Crippen molar-refractivity contribution in [2.75, 3.05) is 49.3 Å². The van der Waals surface area contributed by atoms with Crippen molar-refractivity contribution in [1.82, 2.24) is 15.3 Å². The Kier molecular flexibility index (Phi) is 7.25. The Hall–Kier alpha value is -2.85. The number of amides is 3. The summed E-state index contributed by atoms with van der Waals surface area (Å²) in [4.78, 5) is 34.0. The number of anilines is 2. The monoisotopic (exact) mass is 416 g/mol. The van der Waals surface area contributed by atoms with Crippen LogP contribution < -0.4 is 21.3 Å². The van der Waals surface area contributed by atoms with E-state index in [0.717, 1.165) is 30.2 Å². The van der Waals surface area contributed by atoms with E-state index in [0.29, 0.717) is 30.5 Å². The number of urea groups is 1. The number of ether oxygens (including phenoxy) is 1. The zero-order valence-corrected chi connectivity index (χ0v) is 17.0. The molecular formula is C19H24N6O3S. The molecule has 1 saturated heterocycles. The first-order valence-corrected chi connectivity index (χ1v) is 10.4. The second-order valence-corrected chi connectivity index (χ2v) is 7.37. The molecule has 10 heteroatoms. The van der Waals surface area contributed by atoms with Crippen LogP contribution in [0.2, 0.25) is 0 Å². The average Bonchev–Trinajstić information content (AvgIpc) is 2.74. The van der Waals surface area contributed by atoms with E-state index >= 15 is 0 Å². The van der Waals surface area contributed by atoms with Crippen molar-refractivity contribution in [2.45, 2.75) is 5.75 Å². The molecule has 0 atom stereocenters. The number of nitrogens with one attached hydrogen (secondary N) is 2. The number of benzene rings is 1. The number of hydrogen-bond donors (Lipinski definition) is 3. The molecule has 1 aromatic carbocycles. The number of aromatic nitrogens is 2. The molecule has 3 amide bonds. The third-order valence-corrected chi connectivity index (χ3v) is 5.21. The number of nitrogens with two attached hydrogens (primary N) is 1. The van der Waals surface area contributed by atoms with E-state index in [1.807, 2.05) is 18.2 Å². The first-order valence-electron chi connectivity index (χ1n) is 9.21. The van der Waals surface area contributed by atoms with Crippen LogP contribution in [0.25, 0.3) is 11.4 Å². The number of primary amides is 1. The predicted octanol–water partition coefficient (Wildman–Crippen LogP) is 1.45. The maximum atomic E-state index is 11.5. The number of rotatable bonds is 7. The summed E-state index contributed by atoms with van der Waals surface area (Å²) in [6.45, 7) is 2.84. The van der Waals surface area contributed by atoms with Crippen molar-refractivity contribution in [3.05, 3.63) is 36.0 Å². The van der Waals surface area contributed by atoms with E-state index in [1.165, 1.54) is 11.8 Å². The van der Waals surface area contributed by atoms with Gasteiger partial charge >= 0.3 is 6.03 Å². The molecule has 0 aliphatic carbocycles. The number of nitrogens with zero attached hydrogens (tertiary/aromatic N) is 3. The normalized spacial score (nSPS) is 13.8. The second kappa shape index (κ2) is 10.1. The fraction of sp³-hybridized carbons (Fsp3) is 0.368. The fourth-order valence-electron chi connectivity index (χ4n) is 2.79. The Labute approximate surface area is 173 Å². The maximum Gasteiger partial charge on any atom is 0.318 e. The summed E-state index contributed by atoms with van der Waals surface area (Å²) in [5.41, 5.74) is 7.58. The summed E-state index contributed by atoms with van der Waals surface area (Å²) in [6, 6.07) is 9.00. The molecule has 1 aromatic heterocycles. The number of hydrogen-bond acceptors (Lipinski definition) is 7. The number of thioether (sulfide) groups is 1. The van der Waals surface area contributed by atoms with E-state index in [4.69, 9.17) is 15.5 Å². The van der Waals surface area contributed by atoms with Gasteiger partial charge in [0.25, 0.3) is 0 Å². The van der Waals surface area contributed by atoms with E-state index in [-0.39, 0.29) is 17.7 Å². The summed E-state index contributed by atoms with van der Waals surface area (Å²) in [7, 11) is 1.56. The summed E-state index contributed by atoms with van der Waals surface area (Å²) in [5, 5.41) is 5.24. The molecule has 2 aromatic rings. The first-order chi connectivity index (χ1) is 14.0. The number of carbonyl (C=O) groups excluding carboxylic acids is 2. The van der Waals surface area contributed by atoms with Crippen LogP contribution in [0.15, 0.2) is 30.3 Å². The second-order valence-electron chi connectivity index (χ2n) is 6.38. The van der Waals surface area contributed by atoms with Crippen LogP contribution in [0.1, 0.15) is 5.69 Å². The highest BCUT2D eigenvalue weighted by Crippen LogP contribution is 2.24. The first kappa shape index (κ1) is 20.9. The Morgan fingerprint density at radius 1 is 1.21 bits per heavy atom. The topological polar surface area (TPSA) is 122 Å². The van der Waals surface area contributed by atoms with Gasteiger partial charge in [-0.1, -0.05) is 0 Å². The van der Waals surface area contributed by atoms with Crippen LogP contribution >= 0.6 is 11.8 Å². The highest BCUT2D eigenvalue weighted by molar-refractivity contribution is 7.99. The predicted molar refractivity (Wildman–Crippen MR) is 114 cm³/mol. The molecule has 0 spiro atoms. The van der Waals surface area contributed by atoms with Gasteiger partial charge in [0.1, 0.15) is 5.82 Å². The van der Waals surface area contributed by atoms with Crippen molar-refractivity contribution in [2.24, 2.45) is 5.73 Å². The lowest BCUT2D eigenvalue weighted by Gasteiger charge is -2.28. The molecule has 0 bridgehead atoms. The molecular weight excluding hydrogens is 392 g/mol. The van der Waals surface area contributed by atoms with Crippen molar-refractivity contribution in [3.8, 4) is 11.4 Å². The molecule has 1 fully saturated rings. The van der Waals surface area contributed by atoms with Crippen LogP contribution in [0.3, 0.4) is 0 Å². The Morgan fingerprint density at radius 3 is 2.59 bits per heavy atom. The summed E-state index contributed by atoms with van der Waals surface area (Å²) in [5.74, 6) is 1.88. The molecule has 3 rings (SSSR count). The quantitative estimate of drug-likeness (QED) is 0.624. The summed E-state index contributed by atoms with van der Waals surface area (Å²) < 4.78 is 5.43. The van der Waals surface area contributed by atoms with Gasteiger partial charge in [-0.25, -0.2) is 14.8 Å². The minimum Gasteiger partial charge on any atom is -0.378 e. The maximum absolute atomic E-state index is 11.5. The van der Waals surface area contributed by atoms with Gasteiger partial charge < -0.3 is 26.0 Å². The molecule has 0 saturated carbocycles. The molecule has 9 nitrogen and oxygen atoms in total. The lowest BCUT2D eigenvalue weighted by Crippen LogP contribution is -2.37. The van der Waals surface area contributed by atoms with Gasteiger partial charge in [0, 0.05) is 43.2 Å².